The number of pyridine rings is 1. The summed E-state index contributed by atoms with van der Waals surface area (Å²) in [5, 5.41) is 15.1. The fourth-order valence-electron chi connectivity index (χ4n) is 1.93. The number of nitriles is 1. The van der Waals surface area contributed by atoms with Crippen LogP contribution in [-0.4, -0.2) is 23.4 Å². The number of thiazole rings is 1. The fraction of sp³-hybridized carbons (Fsp3) is 0.133. The first-order chi connectivity index (χ1) is 12.1. The molecule has 0 spiro atoms. The molecular weight excluding hydrogens is 372 g/mol. The summed E-state index contributed by atoms with van der Waals surface area (Å²) in [6.45, 7) is 0.0329. The van der Waals surface area contributed by atoms with Gasteiger partial charge in [0.2, 0.25) is 0 Å². The number of hydrogen-bond acceptors (Lipinski definition) is 7. The van der Waals surface area contributed by atoms with E-state index in [1.165, 1.54) is 11.3 Å². The number of anilines is 2. The van der Waals surface area contributed by atoms with Gasteiger partial charge in [-0.2, -0.15) is 5.26 Å². The van der Waals surface area contributed by atoms with E-state index >= 15 is 0 Å². The zero-order valence-electron chi connectivity index (χ0n) is 12.5. The van der Waals surface area contributed by atoms with Gasteiger partial charge in [0, 0.05) is 6.07 Å². The summed E-state index contributed by atoms with van der Waals surface area (Å²) < 4.78 is 32.4. The molecule has 0 unspecified atom stereocenters. The van der Waals surface area contributed by atoms with E-state index in [4.69, 9.17) is 21.6 Å². The van der Waals surface area contributed by atoms with Crippen LogP contribution in [0.2, 0.25) is 5.15 Å². The molecule has 0 radical (unpaired) electrons. The maximum Gasteiger partial charge on any atom is 0.187 e. The molecule has 0 saturated carbocycles. The van der Waals surface area contributed by atoms with Crippen molar-refractivity contribution < 1.29 is 13.5 Å². The lowest BCUT2D eigenvalue weighted by atomic mass is 10.2. The Balaban J connectivity index is 1.50. The zero-order valence-corrected chi connectivity index (χ0v) is 14.1. The Kier molecular flexibility index (Phi) is 5.23. The van der Waals surface area contributed by atoms with Gasteiger partial charge in [0.15, 0.2) is 5.13 Å². The molecule has 0 amide bonds. The molecule has 0 aliphatic heterocycles. The summed E-state index contributed by atoms with van der Waals surface area (Å²) in [4.78, 5) is 9.14. The molecule has 25 heavy (non-hydrogen) atoms. The van der Waals surface area contributed by atoms with Crippen LogP contribution >= 0.6 is 22.9 Å². The van der Waals surface area contributed by atoms with Gasteiger partial charge in [0.25, 0.3) is 0 Å². The number of fused-ring (bicyclic) bond motifs is 1. The smallest absolute Gasteiger partial charge is 0.187 e. The number of ether oxygens (including phenoxy) is 1. The van der Waals surface area contributed by atoms with Crippen LogP contribution in [0.15, 0.2) is 24.3 Å². The average molecular weight is 382 g/mol. The second-order valence-corrected chi connectivity index (χ2v) is 6.11. The number of benzene rings is 1. The van der Waals surface area contributed by atoms with Crippen molar-refractivity contribution in [1.29, 1.82) is 5.26 Å². The van der Waals surface area contributed by atoms with Gasteiger partial charge in [-0.25, -0.2) is 18.7 Å². The van der Waals surface area contributed by atoms with E-state index in [1.54, 1.807) is 18.2 Å². The standard InChI is InChI=1S/C15H10ClF2N5OS/c16-13-2-1-11-14(23-13)25-15(22-11)21-7-24-6-20-12-4-9(17)8(5-19)3-10(12)18/h1-4,20H,6-7H2,(H,21,22). The summed E-state index contributed by atoms with van der Waals surface area (Å²) in [5.41, 5.74) is 0.274. The van der Waals surface area contributed by atoms with Crippen LogP contribution in [0, 0.1) is 23.0 Å². The third-order valence-electron chi connectivity index (χ3n) is 3.09. The number of halogens is 3. The molecule has 3 aromatic rings. The molecule has 2 aromatic heterocycles. The number of nitrogens with one attached hydrogen (secondary N) is 2. The molecule has 2 N–H and O–H groups in total. The summed E-state index contributed by atoms with van der Waals surface area (Å²) in [5.74, 6) is -1.53. The van der Waals surface area contributed by atoms with Gasteiger partial charge in [-0.15, -0.1) is 0 Å². The monoisotopic (exact) mass is 381 g/mol. The number of hydrogen-bond donors (Lipinski definition) is 2. The van der Waals surface area contributed by atoms with Gasteiger partial charge >= 0.3 is 0 Å². The maximum absolute atomic E-state index is 13.7. The highest BCUT2D eigenvalue weighted by molar-refractivity contribution is 7.21. The average Bonchev–Trinajstić information content (AvgIpc) is 2.98. The summed E-state index contributed by atoms with van der Waals surface area (Å²) in [7, 11) is 0. The Labute approximate surface area is 150 Å². The van der Waals surface area contributed by atoms with E-state index in [9.17, 15) is 8.78 Å². The Hall–Kier alpha value is -2.54. The van der Waals surface area contributed by atoms with Crippen molar-refractivity contribution in [1.82, 2.24) is 9.97 Å². The second-order valence-electron chi connectivity index (χ2n) is 4.75. The summed E-state index contributed by atoms with van der Waals surface area (Å²) in [6, 6.07) is 6.72. The first-order valence-corrected chi connectivity index (χ1v) is 8.14. The molecule has 0 bridgehead atoms. The van der Waals surface area contributed by atoms with Crippen molar-refractivity contribution in [3.63, 3.8) is 0 Å². The first kappa shape index (κ1) is 17.3. The minimum atomic E-state index is -0.801. The Bertz CT molecular complexity index is 959. The molecule has 0 saturated heterocycles. The molecule has 2 heterocycles. The molecule has 0 aliphatic carbocycles. The van der Waals surface area contributed by atoms with Crippen LogP contribution in [0.3, 0.4) is 0 Å². The van der Waals surface area contributed by atoms with E-state index in [0.29, 0.717) is 20.6 Å². The molecule has 0 fully saturated rings. The molecule has 6 nitrogen and oxygen atoms in total. The van der Waals surface area contributed by atoms with Crippen molar-refractivity contribution in [2.24, 2.45) is 0 Å². The van der Waals surface area contributed by atoms with Gasteiger partial charge in [-0.1, -0.05) is 22.9 Å². The molecule has 128 valence electrons. The largest absolute Gasteiger partial charge is 0.360 e. The van der Waals surface area contributed by atoms with Crippen LogP contribution in [-0.2, 0) is 4.74 Å². The fourth-order valence-corrected chi connectivity index (χ4v) is 2.95. The summed E-state index contributed by atoms with van der Waals surface area (Å²) >= 11 is 7.13. The lowest BCUT2D eigenvalue weighted by Crippen LogP contribution is -2.13. The predicted molar refractivity (Wildman–Crippen MR) is 91.6 cm³/mol. The summed E-state index contributed by atoms with van der Waals surface area (Å²) in [6.07, 6.45) is 0. The molecule has 0 aliphatic rings. The van der Waals surface area contributed by atoms with Gasteiger partial charge in [0.05, 0.1) is 11.3 Å². The van der Waals surface area contributed by atoms with E-state index in [1.807, 2.05) is 0 Å². The quantitative estimate of drug-likeness (QED) is 0.382. The van der Waals surface area contributed by atoms with Crippen molar-refractivity contribution in [3.8, 4) is 6.07 Å². The number of aromatic nitrogens is 2. The van der Waals surface area contributed by atoms with Gasteiger partial charge in [0.1, 0.15) is 46.7 Å². The molecule has 3 rings (SSSR count). The second kappa shape index (κ2) is 7.57. The maximum atomic E-state index is 13.7. The number of nitrogens with zero attached hydrogens (tertiary/aromatic N) is 3. The first-order valence-electron chi connectivity index (χ1n) is 6.94. The van der Waals surface area contributed by atoms with Crippen LogP contribution in [0.25, 0.3) is 10.3 Å². The molecule has 0 atom stereocenters. The van der Waals surface area contributed by atoms with Crippen molar-refractivity contribution in [2.75, 3.05) is 24.1 Å². The van der Waals surface area contributed by atoms with Gasteiger partial charge in [-0.3, -0.25) is 0 Å². The van der Waals surface area contributed by atoms with Crippen molar-refractivity contribution >= 4 is 44.1 Å². The van der Waals surface area contributed by atoms with Crippen molar-refractivity contribution in [2.45, 2.75) is 0 Å². The lowest BCUT2D eigenvalue weighted by molar-refractivity contribution is 0.171. The number of rotatable bonds is 6. The minimum Gasteiger partial charge on any atom is -0.360 e. The Morgan fingerprint density at radius 3 is 2.76 bits per heavy atom. The van der Waals surface area contributed by atoms with Crippen LogP contribution in [0.4, 0.5) is 19.6 Å². The van der Waals surface area contributed by atoms with Crippen LogP contribution in [0.5, 0.6) is 0 Å². The molecular formula is C15H10ClF2N5OS. The van der Waals surface area contributed by atoms with E-state index in [0.717, 1.165) is 12.1 Å². The topological polar surface area (TPSA) is 82.9 Å². The zero-order chi connectivity index (χ0) is 17.8. The van der Waals surface area contributed by atoms with Crippen LogP contribution < -0.4 is 10.6 Å². The van der Waals surface area contributed by atoms with Gasteiger partial charge < -0.3 is 15.4 Å². The van der Waals surface area contributed by atoms with E-state index in [-0.39, 0.29) is 24.7 Å². The SMILES string of the molecule is N#Cc1cc(F)c(NCOCNc2nc3ccc(Cl)nc3s2)cc1F. The third kappa shape index (κ3) is 4.11. The highest BCUT2D eigenvalue weighted by atomic mass is 35.5. The Morgan fingerprint density at radius 2 is 1.96 bits per heavy atom. The third-order valence-corrected chi connectivity index (χ3v) is 4.22. The predicted octanol–water partition coefficient (Wildman–Crippen LogP) is 3.95. The van der Waals surface area contributed by atoms with Crippen LogP contribution in [0.1, 0.15) is 5.56 Å². The van der Waals surface area contributed by atoms with Crippen molar-refractivity contribution in [3.05, 3.63) is 46.6 Å². The normalized spacial score (nSPS) is 10.6. The highest BCUT2D eigenvalue weighted by Crippen LogP contribution is 2.25. The highest BCUT2D eigenvalue weighted by Gasteiger charge is 2.09. The Morgan fingerprint density at radius 1 is 1.16 bits per heavy atom. The lowest BCUT2D eigenvalue weighted by Gasteiger charge is -2.09. The molecule has 1 aromatic carbocycles. The van der Waals surface area contributed by atoms with E-state index in [2.05, 4.69) is 20.6 Å². The minimum absolute atomic E-state index is 0.0652. The molecule has 10 heteroatoms. The van der Waals surface area contributed by atoms with E-state index < -0.39 is 11.6 Å². The van der Waals surface area contributed by atoms with Gasteiger partial charge in [-0.05, 0) is 18.2 Å².